The highest BCUT2D eigenvalue weighted by atomic mass is 16.5. The van der Waals surface area contributed by atoms with Crippen molar-refractivity contribution in [3.63, 3.8) is 0 Å². The third kappa shape index (κ3) is 4.90. The Bertz CT molecular complexity index is 687. The number of aliphatic hydroxyl groups is 1. The van der Waals surface area contributed by atoms with E-state index in [9.17, 15) is 5.11 Å². The number of aliphatic hydroxyl groups excluding tert-OH is 1. The molecule has 1 fully saturated rings. The number of nitrogens with two attached hydrogens (primary N) is 1. The number of benzene rings is 1. The highest BCUT2D eigenvalue weighted by Gasteiger charge is 2.25. The number of hydrogen-bond acceptors (Lipinski definition) is 6. The van der Waals surface area contributed by atoms with Crippen LogP contribution in [0, 0.1) is 0 Å². The highest BCUT2D eigenvalue weighted by molar-refractivity contribution is 5.28. The number of ether oxygens (including phenoxy) is 1. The molecule has 3 N–H and O–H groups in total. The summed E-state index contributed by atoms with van der Waals surface area (Å²) in [7, 11) is 1.68. The number of rotatable bonds is 6. The molecule has 3 rings (SSSR count). The van der Waals surface area contributed by atoms with Crippen LogP contribution in [0.5, 0.6) is 5.75 Å². The van der Waals surface area contributed by atoms with Gasteiger partial charge in [-0.1, -0.05) is 12.1 Å². The molecule has 0 atom stereocenters. The van der Waals surface area contributed by atoms with Crippen LogP contribution in [0.2, 0.25) is 0 Å². The lowest BCUT2D eigenvalue weighted by atomic mass is 9.91. The van der Waals surface area contributed by atoms with Crippen LogP contribution in [-0.2, 0) is 13.1 Å². The largest absolute Gasteiger partial charge is 0.497 e. The van der Waals surface area contributed by atoms with Gasteiger partial charge in [0.25, 0.3) is 0 Å². The number of aromatic nitrogens is 2. The van der Waals surface area contributed by atoms with Crippen LogP contribution in [0.15, 0.2) is 36.5 Å². The Morgan fingerprint density at radius 3 is 2.72 bits per heavy atom. The lowest BCUT2D eigenvalue weighted by Crippen LogP contribution is -2.38. The van der Waals surface area contributed by atoms with Gasteiger partial charge in [0.05, 0.1) is 19.8 Å². The first kappa shape index (κ1) is 17.6. The zero-order chi connectivity index (χ0) is 17.6. The lowest BCUT2D eigenvalue weighted by molar-refractivity contribution is 0.0653. The van der Waals surface area contributed by atoms with E-state index in [-0.39, 0.29) is 6.10 Å². The summed E-state index contributed by atoms with van der Waals surface area (Å²) in [5, 5.41) is 9.82. The minimum atomic E-state index is -0.168. The lowest BCUT2D eigenvalue weighted by Gasteiger charge is -2.35. The quantitative estimate of drug-likeness (QED) is 0.838. The van der Waals surface area contributed by atoms with Crippen LogP contribution in [0.3, 0.4) is 0 Å². The van der Waals surface area contributed by atoms with Crippen LogP contribution in [0.25, 0.3) is 0 Å². The van der Waals surface area contributed by atoms with Crippen LogP contribution in [0.1, 0.15) is 37.1 Å². The van der Waals surface area contributed by atoms with Gasteiger partial charge >= 0.3 is 0 Å². The van der Waals surface area contributed by atoms with Gasteiger partial charge in [-0.3, -0.25) is 4.90 Å². The fraction of sp³-hybridized carbons (Fsp3) is 0.474. The molecule has 1 aliphatic rings. The van der Waals surface area contributed by atoms with Crippen molar-refractivity contribution in [3.05, 3.63) is 47.9 Å². The Balaban J connectivity index is 1.78. The number of hydrogen-bond donors (Lipinski definition) is 2. The third-order valence-electron chi connectivity index (χ3n) is 4.77. The zero-order valence-corrected chi connectivity index (χ0v) is 14.6. The van der Waals surface area contributed by atoms with Gasteiger partial charge in [-0.2, -0.15) is 0 Å². The maximum absolute atomic E-state index is 9.82. The number of methoxy groups -OCH3 is 1. The SMILES string of the molecule is COc1cccc(CN(Cc2nccc(N)n2)C2CCC(O)CC2)c1. The maximum atomic E-state index is 9.82. The first-order chi connectivity index (χ1) is 12.1. The van der Waals surface area contributed by atoms with Crippen molar-refractivity contribution >= 4 is 5.82 Å². The van der Waals surface area contributed by atoms with E-state index in [0.29, 0.717) is 18.4 Å². The molecule has 0 unspecified atom stereocenters. The fourth-order valence-electron chi connectivity index (χ4n) is 3.42. The van der Waals surface area contributed by atoms with Gasteiger partial charge in [-0.05, 0) is 49.4 Å². The van der Waals surface area contributed by atoms with E-state index < -0.39 is 0 Å². The summed E-state index contributed by atoms with van der Waals surface area (Å²) in [6.07, 6.45) is 5.18. The fourth-order valence-corrected chi connectivity index (χ4v) is 3.42. The summed E-state index contributed by atoms with van der Waals surface area (Å²) in [6.45, 7) is 1.43. The predicted molar refractivity (Wildman–Crippen MR) is 96.9 cm³/mol. The number of anilines is 1. The molecule has 0 aliphatic heterocycles. The topological polar surface area (TPSA) is 84.5 Å². The summed E-state index contributed by atoms with van der Waals surface area (Å²) in [5.74, 6) is 2.08. The van der Waals surface area contributed by atoms with Crippen molar-refractivity contribution in [1.82, 2.24) is 14.9 Å². The van der Waals surface area contributed by atoms with Gasteiger partial charge in [0.1, 0.15) is 17.4 Å². The molecule has 0 bridgehead atoms. The molecular formula is C19H26N4O2. The average Bonchev–Trinajstić information content (AvgIpc) is 2.62. The average molecular weight is 342 g/mol. The van der Waals surface area contributed by atoms with E-state index in [2.05, 4.69) is 27.0 Å². The molecule has 6 nitrogen and oxygen atoms in total. The number of nitrogens with zero attached hydrogens (tertiary/aromatic N) is 3. The molecule has 6 heteroatoms. The molecule has 134 valence electrons. The Labute approximate surface area is 148 Å². The molecular weight excluding hydrogens is 316 g/mol. The molecule has 0 spiro atoms. The molecule has 1 heterocycles. The van der Waals surface area contributed by atoms with Gasteiger partial charge in [0.2, 0.25) is 0 Å². The summed E-state index contributed by atoms with van der Waals surface area (Å²) in [5.41, 5.74) is 6.99. The second-order valence-corrected chi connectivity index (χ2v) is 6.62. The summed E-state index contributed by atoms with van der Waals surface area (Å²) >= 11 is 0. The second kappa shape index (κ2) is 8.27. The van der Waals surface area contributed by atoms with Crippen LogP contribution in [-0.4, -0.2) is 39.2 Å². The predicted octanol–water partition coefficient (Wildman–Crippen LogP) is 2.37. The van der Waals surface area contributed by atoms with Gasteiger partial charge in [0, 0.05) is 18.8 Å². The van der Waals surface area contributed by atoms with E-state index in [0.717, 1.165) is 43.8 Å². The minimum absolute atomic E-state index is 0.168. The van der Waals surface area contributed by atoms with Crippen molar-refractivity contribution < 1.29 is 9.84 Å². The summed E-state index contributed by atoms with van der Waals surface area (Å²) < 4.78 is 5.34. The van der Waals surface area contributed by atoms with Crippen molar-refractivity contribution in [3.8, 4) is 5.75 Å². The van der Waals surface area contributed by atoms with Gasteiger partial charge < -0.3 is 15.6 Å². The second-order valence-electron chi connectivity index (χ2n) is 6.62. The van der Waals surface area contributed by atoms with Gasteiger partial charge in [0.15, 0.2) is 0 Å². The molecule has 0 amide bonds. The first-order valence-electron chi connectivity index (χ1n) is 8.76. The summed E-state index contributed by atoms with van der Waals surface area (Å²) in [6, 6.07) is 10.2. The maximum Gasteiger partial charge on any atom is 0.144 e. The standard InChI is InChI=1S/C19H26N4O2/c1-25-17-4-2-3-14(11-17)12-23(15-5-7-16(24)8-6-15)13-19-21-10-9-18(20)22-19/h2-4,9-11,15-16,24H,5-8,12-13H2,1H3,(H2,20,21,22). The Kier molecular flexibility index (Phi) is 5.83. The van der Waals surface area contributed by atoms with E-state index in [1.807, 2.05) is 12.1 Å². The van der Waals surface area contributed by atoms with Crippen LogP contribution >= 0.6 is 0 Å². The van der Waals surface area contributed by atoms with Crippen molar-refractivity contribution in [1.29, 1.82) is 0 Å². The first-order valence-corrected chi connectivity index (χ1v) is 8.76. The van der Waals surface area contributed by atoms with Gasteiger partial charge in [-0.25, -0.2) is 9.97 Å². The molecule has 1 aromatic carbocycles. The minimum Gasteiger partial charge on any atom is -0.497 e. The van der Waals surface area contributed by atoms with Crippen molar-refractivity contribution in [2.24, 2.45) is 0 Å². The smallest absolute Gasteiger partial charge is 0.144 e. The normalized spacial score (nSPS) is 20.6. The van der Waals surface area contributed by atoms with Crippen molar-refractivity contribution in [2.45, 2.75) is 50.9 Å². The number of nitrogen functional groups attached to an aromatic ring is 1. The Hall–Kier alpha value is -2.18. The molecule has 25 heavy (non-hydrogen) atoms. The van der Waals surface area contributed by atoms with E-state index in [1.165, 1.54) is 5.56 Å². The Morgan fingerprint density at radius 2 is 2.00 bits per heavy atom. The summed E-state index contributed by atoms with van der Waals surface area (Å²) in [4.78, 5) is 11.1. The van der Waals surface area contributed by atoms with E-state index in [1.54, 1.807) is 19.4 Å². The third-order valence-corrected chi connectivity index (χ3v) is 4.77. The Morgan fingerprint density at radius 1 is 1.20 bits per heavy atom. The molecule has 0 radical (unpaired) electrons. The van der Waals surface area contributed by atoms with Gasteiger partial charge in [-0.15, -0.1) is 0 Å². The molecule has 1 saturated carbocycles. The molecule has 2 aromatic rings. The zero-order valence-electron chi connectivity index (χ0n) is 14.6. The van der Waals surface area contributed by atoms with E-state index in [4.69, 9.17) is 10.5 Å². The van der Waals surface area contributed by atoms with Crippen LogP contribution < -0.4 is 10.5 Å². The molecule has 0 saturated heterocycles. The molecule has 1 aliphatic carbocycles. The highest BCUT2D eigenvalue weighted by Crippen LogP contribution is 2.26. The van der Waals surface area contributed by atoms with E-state index >= 15 is 0 Å². The van der Waals surface area contributed by atoms with Crippen LogP contribution in [0.4, 0.5) is 5.82 Å². The monoisotopic (exact) mass is 342 g/mol. The van der Waals surface area contributed by atoms with Crippen molar-refractivity contribution in [2.75, 3.05) is 12.8 Å². The molecule has 1 aromatic heterocycles.